The lowest BCUT2D eigenvalue weighted by molar-refractivity contribution is 0.208. The Morgan fingerprint density at radius 1 is 1.26 bits per heavy atom. The lowest BCUT2D eigenvalue weighted by atomic mass is 9.90. The molecule has 19 heavy (non-hydrogen) atoms. The maximum atomic E-state index is 5.97. The van der Waals surface area contributed by atoms with Crippen LogP contribution in [-0.4, -0.2) is 13.2 Å². The zero-order chi connectivity index (χ0) is 13.5. The highest BCUT2D eigenvalue weighted by molar-refractivity contribution is 5.28. The molecule has 2 nitrogen and oxygen atoms in total. The maximum Gasteiger partial charge on any atom is 0.119 e. The Balaban J connectivity index is 1.84. The van der Waals surface area contributed by atoms with Gasteiger partial charge < -0.3 is 10.5 Å². The van der Waals surface area contributed by atoms with E-state index in [0.29, 0.717) is 5.92 Å². The predicted octanol–water partition coefficient (Wildman–Crippen LogP) is 3.78. The highest BCUT2D eigenvalue weighted by Crippen LogP contribution is 2.25. The van der Waals surface area contributed by atoms with E-state index in [9.17, 15) is 0 Å². The third kappa shape index (κ3) is 4.87. The quantitative estimate of drug-likeness (QED) is 0.845. The zero-order valence-corrected chi connectivity index (χ0v) is 12.1. The van der Waals surface area contributed by atoms with Gasteiger partial charge >= 0.3 is 0 Å². The van der Waals surface area contributed by atoms with Crippen LogP contribution in [0.1, 0.15) is 44.6 Å². The average molecular weight is 261 g/mol. The van der Waals surface area contributed by atoms with Crippen molar-refractivity contribution in [3.8, 4) is 5.75 Å². The van der Waals surface area contributed by atoms with Crippen molar-refractivity contribution in [2.24, 2.45) is 17.6 Å². The summed E-state index contributed by atoms with van der Waals surface area (Å²) in [5.74, 6) is 2.32. The van der Waals surface area contributed by atoms with E-state index in [1.807, 2.05) is 0 Å². The second kappa shape index (κ2) is 7.54. The second-order valence-corrected chi connectivity index (χ2v) is 6.01. The van der Waals surface area contributed by atoms with Gasteiger partial charge in [-0.2, -0.15) is 0 Å². The minimum absolute atomic E-state index is 0.536. The lowest BCUT2D eigenvalue weighted by Crippen LogP contribution is -2.15. The number of ether oxygens (including phenoxy) is 1. The Morgan fingerprint density at radius 3 is 2.79 bits per heavy atom. The van der Waals surface area contributed by atoms with Crippen molar-refractivity contribution >= 4 is 0 Å². The number of benzene rings is 1. The summed E-state index contributed by atoms with van der Waals surface area (Å²) in [5.41, 5.74) is 7.02. The van der Waals surface area contributed by atoms with Gasteiger partial charge in [0.05, 0.1) is 6.61 Å². The van der Waals surface area contributed by atoms with Gasteiger partial charge in [0.15, 0.2) is 0 Å². The molecule has 1 aromatic carbocycles. The van der Waals surface area contributed by atoms with E-state index in [-0.39, 0.29) is 0 Å². The first-order valence-corrected chi connectivity index (χ1v) is 7.69. The van der Waals surface area contributed by atoms with Crippen LogP contribution in [0.2, 0.25) is 0 Å². The first kappa shape index (κ1) is 14.4. The monoisotopic (exact) mass is 261 g/mol. The zero-order valence-electron chi connectivity index (χ0n) is 12.1. The molecular weight excluding hydrogens is 234 g/mol. The maximum absolute atomic E-state index is 5.97. The standard InChI is InChI=1S/C17H27NO/c1-14(12-18)10-16-8-5-9-17(11-16)19-13-15-6-3-2-4-7-15/h5,8-9,11,14-15H,2-4,6-7,10,12-13,18H2,1H3/t14-/m1/s1. The molecule has 1 fully saturated rings. The summed E-state index contributed by atoms with van der Waals surface area (Å²) in [6, 6.07) is 8.50. The van der Waals surface area contributed by atoms with E-state index >= 15 is 0 Å². The van der Waals surface area contributed by atoms with Gasteiger partial charge in [0.25, 0.3) is 0 Å². The molecule has 0 aromatic heterocycles. The molecule has 0 spiro atoms. The fraction of sp³-hybridized carbons (Fsp3) is 0.647. The van der Waals surface area contributed by atoms with Crippen LogP contribution < -0.4 is 10.5 Å². The topological polar surface area (TPSA) is 35.2 Å². The van der Waals surface area contributed by atoms with E-state index in [4.69, 9.17) is 10.5 Å². The SMILES string of the molecule is C[C@@H](CN)Cc1cccc(OCC2CCCCC2)c1. The van der Waals surface area contributed by atoms with Crippen LogP contribution >= 0.6 is 0 Å². The molecular formula is C17H27NO. The number of rotatable bonds is 6. The van der Waals surface area contributed by atoms with Gasteiger partial charge in [-0.15, -0.1) is 0 Å². The van der Waals surface area contributed by atoms with Gasteiger partial charge in [0, 0.05) is 0 Å². The predicted molar refractivity (Wildman–Crippen MR) is 80.4 cm³/mol. The van der Waals surface area contributed by atoms with Crippen molar-refractivity contribution in [1.29, 1.82) is 0 Å². The summed E-state index contributed by atoms with van der Waals surface area (Å²) in [6.45, 7) is 3.82. The van der Waals surface area contributed by atoms with Gasteiger partial charge in [-0.05, 0) is 55.3 Å². The highest BCUT2D eigenvalue weighted by atomic mass is 16.5. The van der Waals surface area contributed by atoms with Crippen LogP contribution in [0.3, 0.4) is 0 Å². The first-order chi connectivity index (χ1) is 9.28. The van der Waals surface area contributed by atoms with Gasteiger partial charge in [-0.25, -0.2) is 0 Å². The molecule has 2 rings (SSSR count). The largest absolute Gasteiger partial charge is 0.493 e. The van der Waals surface area contributed by atoms with Crippen molar-refractivity contribution in [1.82, 2.24) is 0 Å². The molecule has 1 atom stereocenters. The number of hydrogen-bond donors (Lipinski definition) is 1. The third-order valence-electron chi connectivity index (χ3n) is 4.10. The first-order valence-electron chi connectivity index (χ1n) is 7.69. The van der Waals surface area contributed by atoms with Crippen LogP contribution in [0.4, 0.5) is 0 Å². The van der Waals surface area contributed by atoms with E-state index < -0.39 is 0 Å². The molecule has 0 unspecified atom stereocenters. The van der Waals surface area contributed by atoms with Crippen LogP contribution in [0.25, 0.3) is 0 Å². The molecule has 0 bridgehead atoms. The van der Waals surface area contributed by atoms with Crippen molar-refractivity contribution < 1.29 is 4.74 Å². The van der Waals surface area contributed by atoms with Gasteiger partial charge in [0.2, 0.25) is 0 Å². The van der Waals surface area contributed by atoms with E-state index in [1.165, 1.54) is 37.7 Å². The molecule has 0 saturated heterocycles. The highest BCUT2D eigenvalue weighted by Gasteiger charge is 2.14. The molecule has 1 aliphatic rings. The Hall–Kier alpha value is -1.02. The van der Waals surface area contributed by atoms with E-state index in [0.717, 1.165) is 31.2 Å². The molecule has 0 aliphatic heterocycles. The van der Waals surface area contributed by atoms with Crippen LogP contribution in [-0.2, 0) is 6.42 Å². The molecule has 0 amide bonds. The summed E-state index contributed by atoms with van der Waals surface area (Å²) in [5, 5.41) is 0. The molecule has 2 heteroatoms. The average Bonchev–Trinajstić information content (AvgIpc) is 2.46. The van der Waals surface area contributed by atoms with Gasteiger partial charge in [-0.3, -0.25) is 0 Å². The van der Waals surface area contributed by atoms with Gasteiger partial charge in [0.1, 0.15) is 5.75 Å². The van der Waals surface area contributed by atoms with Crippen LogP contribution in [0.5, 0.6) is 5.75 Å². The van der Waals surface area contributed by atoms with Crippen molar-refractivity contribution in [2.45, 2.75) is 45.4 Å². The fourth-order valence-electron chi connectivity index (χ4n) is 2.82. The lowest BCUT2D eigenvalue weighted by Gasteiger charge is -2.21. The smallest absolute Gasteiger partial charge is 0.119 e. The van der Waals surface area contributed by atoms with Crippen molar-refractivity contribution in [2.75, 3.05) is 13.2 Å². The summed E-state index contributed by atoms with van der Waals surface area (Å²) in [6.07, 6.45) is 7.87. The Bertz CT molecular complexity index is 371. The van der Waals surface area contributed by atoms with Crippen LogP contribution in [0, 0.1) is 11.8 Å². The molecule has 0 radical (unpaired) electrons. The number of nitrogens with two attached hydrogens (primary N) is 1. The normalized spacial score (nSPS) is 18.2. The second-order valence-electron chi connectivity index (χ2n) is 6.01. The Morgan fingerprint density at radius 2 is 2.05 bits per heavy atom. The van der Waals surface area contributed by atoms with E-state index in [2.05, 4.69) is 31.2 Å². The summed E-state index contributed by atoms with van der Waals surface area (Å²) >= 11 is 0. The molecule has 106 valence electrons. The van der Waals surface area contributed by atoms with E-state index in [1.54, 1.807) is 0 Å². The molecule has 1 aliphatic carbocycles. The van der Waals surface area contributed by atoms with Gasteiger partial charge in [-0.1, -0.05) is 38.3 Å². The minimum atomic E-state index is 0.536. The van der Waals surface area contributed by atoms with Crippen molar-refractivity contribution in [3.63, 3.8) is 0 Å². The number of hydrogen-bond acceptors (Lipinski definition) is 2. The summed E-state index contributed by atoms with van der Waals surface area (Å²) in [7, 11) is 0. The third-order valence-corrected chi connectivity index (χ3v) is 4.10. The summed E-state index contributed by atoms with van der Waals surface area (Å²) < 4.78 is 5.97. The molecule has 2 N–H and O–H groups in total. The molecule has 1 aromatic rings. The molecule has 0 heterocycles. The summed E-state index contributed by atoms with van der Waals surface area (Å²) in [4.78, 5) is 0. The Labute approximate surface area is 117 Å². The Kier molecular flexibility index (Phi) is 5.71. The van der Waals surface area contributed by atoms with Crippen LogP contribution in [0.15, 0.2) is 24.3 Å². The van der Waals surface area contributed by atoms with Crippen molar-refractivity contribution in [3.05, 3.63) is 29.8 Å². The fourth-order valence-corrected chi connectivity index (χ4v) is 2.82. The molecule has 1 saturated carbocycles. The minimum Gasteiger partial charge on any atom is -0.493 e.